The van der Waals surface area contributed by atoms with Crippen LogP contribution in [0.15, 0.2) is 98.1 Å². The Labute approximate surface area is 340 Å². The molecule has 20 heteroatoms. The molecule has 45 heavy (non-hydrogen) atoms. The van der Waals surface area contributed by atoms with Crippen LogP contribution >= 0.6 is 0 Å². The molecule has 0 saturated heterocycles. The van der Waals surface area contributed by atoms with Crippen LogP contribution in [0.2, 0.25) is 0 Å². The predicted molar refractivity (Wildman–Crippen MR) is 145 cm³/mol. The van der Waals surface area contributed by atoms with Gasteiger partial charge >= 0.3 is 109 Å². The van der Waals surface area contributed by atoms with E-state index in [2.05, 4.69) is 15.1 Å². The molecule has 0 saturated carbocycles. The fourth-order valence-electron chi connectivity index (χ4n) is 3.81. The number of nitrogens with zero attached hydrogens (tertiary/aromatic N) is 3. The van der Waals surface area contributed by atoms with E-state index in [0.717, 1.165) is 52.2 Å². The SMILES string of the molecule is O=C(O)C1=NN(c2ccc(S(=O)(=O)[O-])cc2)C(=O)\C1=C/C=C/C=C/c1c(COO)[nH]n(-c2ccc(S(=O)(=O)[O-])cc2)c1=O.[K+].[K+]. The first kappa shape index (κ1) is 39.5. The predicted octanol–water partition coefficient (Wildman–Crippen LogP) is -5.05. The van der Waals surface area contributed by atoms with Crippen molar-refractivity contribution in [3.63, 3.8) is 0 Å². The molecule has 2 aromatic carbocycles. The summed E-state index contributed by atoms with van der Waals surface area (Å²) in [7, 11) is -9.44. The van der Waals surface area contributed by atoms with Gasteiger partial charge in [-0.25, -0.2) is 31.2 Å². The van der Waals surface area contributed by atoms with Crippen molar-refractivity contribution in [2.45, 2.75) is 16.4 Å². The Morgan fingerprint density at radius 3 is 1.91 bits per heavy atom. The molecule has 1 amide bonds. The van der Waals surface area contributed by atoms with Crippen LogP contribution in [0.1, 0.15) is 11.3 Å². The van der Waals surface area contributed by atoms with E-state index >= 15 is 0 Å². The van der Waals surface area contributed by atoms with Gasteiger partial charge in [0.2, 0.25) is 0 Å². The summed E-state index contributed by atoms with van der Waals surface area (Å²) in [5, 5.41) is 25.6. The average molecular weight is 709 g/mol. The largest absolute Gasteiger partial charge is 1.00 e. The van der Waals surface area contributed by atoms with Crippen molar-refractivity contribution in [1.82, 2.24) is 9.78 Å². The number of anilines is 1. The number of aromatic amines is 1. The van der Waals surface area contributed by atoms with Gasteiger partial charge in [-0.15, -0.1) is 0 Å². The molecular weight excluding hydrogens is 691 g/mol. The summed E-state index contributed by atoms with van der Waals surface area (Å²) < 4.78 is 67.9. The van der Waals surface area contributed by atoms with E-state index in [1.807, 2.05) is 0 Å². The number of aliphatic carboxylic acids is 1. The number of carboxylic acid groups (broad SMARTS) is 1. The number of hydrogen-bond acceptors (Lipinski definition) is 12. The first-order chi connectivity index (χ1) is 20.2. The van der Waals surface area contributed by atoms with Crippen LogP contribution in [0.4, 0.5) is 5.69 Å². The third-order valence-corrected chi connectivity index (χ3v) is 7.50. The first-order valence-corrected chi connectivity index (χ1v) is 14.5. The van der Waals surface area contributed by atoms with Crippen molar-refractivity contribution in [2.75, 3.05) is 5.01 Å². The van der Waals surface area contributed by atoms with Gasteiger partial charge in [0.1, 0.15) is 26.8 Å². The smallest absolute Gasteiger partial charge is 0.744 e. The number of aromatic nitrogens is 2. The molecule has 3 N–H and O–H groups in total. The van der Waals surface area contributed by atoms with Crippen LogP contribution < -0.4 is 113 Å². The molecule has 1 aliphatic heterocycles. The molecule has 1 aromatic heterocycles. The third-order valence-electron chi connectivity index (χ3n) is 5.80. The molecule has 2 heterocycles. The Hall–Kier alpha value is -1.71. The van der Waals surface area contributed by atoms with Gasteiger partial charge in [-0.2, -0.15) is 10.1 Å². The number of hydrazone groups is 1. The molecule has 0 aliphatic carbocycles. The van der Waals surface area contributed by atoms with Crippen LogP contribution in [-0.4, -0.2) is 63.7 Å². The van der Waals surface area contributed by atoms with Gasteiger partial charge in [-0.05, 0) is 60.7 Å². The Morgan fingerprint density at radius 1 is 0.889 bits per heavy atom. The van der Waals surface area contributed by atoms with Crippen molar-refractivity contribution < 1.29 is 154 Å². The summed E-state index contributed by atoms with van der Waals surface area (Å²) in [6, 6.07) is 8.60. The molecule has 0 unspecified atom stereocenters. The first-order valence-electron chi connectivity index (χ1n) is 11.7. The number of rotatable bonds is 10. The monoisotopic (exact) mass is 708 g/mol. The fraction of sp³-hybridized carbons (Fsp3) is 0.0400. The molecule has 0 fully saturated rings. The average Bonchev–Trinajstić information content (AvgIpc) is 3.44. The van der Waals surface area contributed by atoms with Gasteiger partial charge in [0.15, 0.2) is 5.71 Å². The fourth-order valence-corrected chi connectivity index (χ4v) is 4.74. The Bertz CT molecular complexity index is 2000. The number of amides is 1. The maximum atomic E-state index is 13.0. The normalized spacial score (nSPS) is 14.6. The van der Waals surface area contributed by atoms with Crippen LogP contribution in [0, 0.1) is 0 Å². The summed E-state index contributed by atoms with van der Waals surface area (Å²) in [6.07, 6.45) is 6.46. The Morgan fingerprint density at radius 2 is 1.42 bits per heavy atom. The summed E-state index contributed by atoms with van der Waals surface area (Å²) >= 11 is 0. The molecule has 3 aromatic rings. The van der Waals surface area contributed by atoms with Gasteiger partial charge in [-0.3, -0.25) is 19.9 Å². The second-order valence-electron chi connectivity index (χ2n) is 8.51. The Balaban J connectivity index is 0.00000353. The molecular formula is C25H18K2N4O12S2. The van der Waals surface area contributed by atoms with Crippen LogP contribution in [0.5, 0.6) is 0 Å². The number of hydrogen-bond donors (Lipinski definition) is 3. The van der Waals surface area contributed by atoms with E-state index < -0.39 is 59.8 Å². The minimum atomic E-state index is -4.74. The second kappa shape index (κ2) is 16.4. The second-order valence-corrected chi connectivity index (χ2v) is 11.3. The van der Waals surface area contributed by atoms with Crippen LogP contribution in [0.25, 0.3) is 11.8 Å². The number of carboxylic acids is 1. The standard InChI is InChI=1S/C25H20N4O12S2.2K/c30-23-19(21(14-41-34)26-28(23)15-6-10-17(11-7-15)42(35,36)37)4-2-1-3-5-20-22(25(32)33)27-29(24(20)31)16-8-12-18(13-9-16)43(38,39)40;;/h1-13,26,34H,14H2,(H,32,33)(H,35,36,37)(H,38,39,40);;/q;2*+1/p-2/b3-1+,4-2+,20-5-;;. The molecule has 0 bridgehead atoms. The van der Waals surface area contributed by atoms with Gasteiger partial charge in [0.25, 0.3) is 11.5 Å². The maximum absolute atomic E-state index is 13.0. The number of H-pyrrole nitrogens is 1. The van der Waals surface area contributed by atoms with E-state index in [-0.39, 0.29) is 131 Å². The zero-order chi connectivity index (χ0) is 31.5. The molecule has 224 valence electrons. The van der Waals surface area contributed by atoms with Crippen molar-refractivity contribution in [2.24, 2.45) is 5.10 Å². The molecule has 0 radical (unpaired) electrons. The maximum Gasteiger partial charge on any atom is 1.00 e. The minimum Gasteiger partial charge on any atom is -0.744 e. The zero-order valence-corrected chi connectivity index (χ0v) is 31.2. The molecule has 1 aliphatic rings. The van der Waals surface area contributed by atoms with Gasteiger partial charge in [0.05, 0.1) is 38.0 Å². The van der Waals surface area contributed by atoms with E-state index in [0.29, 0.717) is 0 Å². The van der Waals surface area contributed by atoms with E-state index in [4.69, 9.17) is 5.26 Å². The molecule has 4 rings (SSSR count). The molecule has 0 atom stereocenters. The third kappa shape index (κ3) is 9.44. The number of allylic oxidation sites excluding steroid dienone is 4. The number of benzene rings is 2. The van der Waals surface area contributed by atoms with Crippen LogP contribution in [0.3, 0.4) is 0 Å². The number of carbonyl (C=O) groups is 2. The van der Waals surface area contributed by atoms with E-state index in [1.165, 1.54) is 36.4 Å². The van der Waals surface area contributed by atoms with Gasteiger partial charge in [-0.1, -0.05) is 18.2 Å². The van der Waals surface area contributed by atoms with Gasteiger partial charge in [0, 0.05) is 0 Å². The van der Waals surface area contributed by atoms with Gasteiger partial charge < -0.3 is 14.2 Å². The van der Waals surface area contributed by atoms with Crippen molar-refractivity contribution in [3.05, 3.63) is 100 Å². The van der Waals surface area contributed by atoms with E-state index in [1.54, 1.807) is 0 Å². The summed E-state index contributed by atoms with van der Waals surface area (Å²) in [5.41, 5.74) is -1.24. The number of carbonyl (C=O) groups excluding carboxylic acids is 1. The molecule has 0 spiro atoms. The molecule has 16 nitrogen and oxygen atoms in total. The van der Waals surface area contributed by atoms with E-state index in [9.17, 15) is 45.4 Å². The topological polar surface area (TPSA) is 252 Å². The summed E-state index contributed by atoms with van der Waals surface area (Å²) in [5.74, 6) is -2.37. The van der Waals surface area contributed by atoms with Crippen molar-refractivity contribution in [1.29, 1.82) is 0 Å². The van der Waals surface area contributed by atoms with Crippen LogP contribution in [-0.2, 0) is 41.3 Å². The zero-order valence-electron chi connectivity index (χ0n) is 23.3. The van der Waals surface area contributed by atoms with Crippen molar-refractivity contribution in [3.8, 4) is 5.69 Å². The summed E-state index contributed by atoms with van der Waals surface area (Å²) in [6.45, 7) is -0.437. The minimum absolute atomic E-state index is 0. The van der Waals surface area contributed by atoms with Crippen molar-refractivity contribution >= 4 is 49.6 Å². The quantitative estimate of drug-likeness (QED) is 0.0447. The Kier molecular flexibility index (Phi) is 14.4. The number of nitrogens with one attached hydrogen (secondary N) is 1. The summed E-state index contributed by atoms with van der Waals surface area (Å²) in [4.78, 5) is 40.6.